The van der Waals surface area contributed by atoms with Gasteiger partial charge < -0.3 is 14.8 Å². The Morgan fingerprint density at radius 1 is 1.32 bits per heavy atom. The molecule has 3 heterocycles. The van der Waals surface area contributed by atoms with Gasteiger partial charge in [0, 0.05) is 29.4 Å². The monoisotopic (exact) mass is 497 g/mol. The lowest BCUT2D eigenvalue weighted by Crippen LogP contribution is -2.18. The molecule has 1 aliphatic rings. The number of amides is 1. The van der Waals surface area contributed by atoms with Crippen LogP contribution in [0.5, 0.6) is 5.75 Å². The van der Waals surface area contributed by atoms with Crippen molar-refractivity contribution in [2.75, 3.05) is 18.5 Å². The molecule has 0 bridgehead atoms. The van der Waals surface area contributed by atoms with E-state index in [2.05, 4.69) is 20.4 Å². The molecule has 1 saturated heterocycles. The number of anilines is 1. The summed E-state index contributed by atoms with van der Waals surface area (Å²) in [7, 11) is 0. The lowest BCUT2D eigenvalue weighted by Gasteiger charge is -2.16. The minimum absolute atomic E-state index is 0.0160. The third-order valence-electron chi connectivity index (χ3n) is 5.57. The fourth-order valence-corrected chi connectivity index (χ4v) is 4.00. The van der Waals surface area contributed by atoms with Crippen LogP contribution >= 0.6 is 11.6 Å². The molecule has 1 fully saturated rings. The smallest absolute Gasteiger partial charge is 0.453 e. The minimum atomic E-state index is -4.67. The molecule has 182 valence electrons. The Bertz CT molecular complexity index is 1210. The van der Waals surface area contributed by atoms with Crippen LogP contribution in [0, 0.1) is 13.8 Å². The van der Waals surface area contributed by atoms with Crippen molar-refractivity contribution in [1.82, 2.24) is 19.6 Å². The van der Waals surface area contributed by atoms with Crippen LogP contribution in [0.25, 0.3) is 5.78 Å². The second-order valence-corrected chi connectivity index (χ2v) is 8.48. The van der Waals surface area contributed by atoms with E-state index in [0.29, 0.717) is 46.6 Å². The quantitative estimate of drug-likeness (QED) is 0.515. The highest BCUT2D eigenvalue weighted by molar-refractivity contribution is 6.31. The van der Waals surface area contributed by atoms with Gasteiger partial charge in [0.15, 0.2) is 0 Å². The molecule has 0 spiro atoms. The SMILES string of the molecule is Cc1nc2nc(C(F)(F)F)nn2c(C)c1CCC(=O)Nc1cc(Cl)ccc1OCC1CCCO1. The number of hydrogen-bond acceptors (Lipinski definition) is 6. The Kier molecular flexibility index (Phi) is 6.94. The molecule has 1 unspecified atom stereocenters. The van der Waals surface area contributed by atoms with Gasteiger partial charge in [-0.3, -0.25) is 4.79 Å². The van der Waals surface area contributed by atoms with Gasteiger partial charge in [0.1, 0.15) is 12.4 Å². The second kappa shape index (κ2) is 9.75. The third kappa shape index (κ3) is 5.41. The maximum absolute atomic E-state index is 13.0. The maximum atomic E-state index is 13.0. The van der Waals surface area contributed by atoms with Crippen molar-refractivity contribution in [3.05, 3.63) is 46.0 Å². The topological polar surface area (TPSA) is 90.6 Å². The van der Waals surface area contributed by atoms with E-state index in [9.17, 15) is 18.0 Å². The molecule has 12 heteroatoms. The van der Waals surface area contributed by atoms with Crippen molar-refractivity contribution in [3.8, 4) is 5.75 Å². The Balaban J connectivity index is 1.45. The second-order valence-electron chi connectivity index (χ2n) is 8.04. The van der Waals surface area contributed by atoms with Crippen LogP contribution in [0.2, 0.25) is 5.02 Å². The van der Waals surface area contributed by atoms with E-state index >= 15 is 0 Å². The van der Waals surface area contributed by atoms with E-state index in [1.54, 1.807) is 32.0 Å². The van der Waals surface area contributed by atoms with Crippen molar-refractivity contribution in [2.24, 2.45) is 0 Å². The van der Waals surface area contributed by atoms with Crippen LogP contribution in [0.4, 0.5) is 18.9 Å². The van der Waals surface area contributed by atoms with E-state index in [0.717, 1.165) is 17.4 Å². The molecule has 3 aromatic rings. The number of ether oxygens (including phenoxy) is 2. The first kappa shape index (κ1) is 24.2. The number of halogens is 4. The molecule has 1 aromatic carbocycles. The van der Waals surface area contributed by atoms with E-state index in [-0.39, 0.29) is 30.6 Å². The van der Waals surface area contributed by atoms with E-state index in [4.69, 9.17) is 21.1 Å². The fraction of sp³-hybridized carbons (Fsp3) is 0.455. The Hall–Kier alpha value is -2.92. The molecule has 8 nitrogen and oxygen atoms in total. The first-order valence-electron chi connectivity index (χ1n) is 10.8. The van der Waals surface area contributed by atoms with Crippen molar-refractivity contribution in [2.45, 2.75) is 51.8 Å². The average molecular weight is 498 g/mol. The molecule has 1 N–H and O–H groups in total. The lowest BCUT2D eigenvalue weighted by atomic mass is 10.1. The van der Waals surface area contributed by atoms with Gasteiger partial charge in [0.2, 0.25) is 5.91 Å². The zero-order valence-electron chi connectivity index (χ0n) is 18.6. The van der Waals surface area contributed by atoms with Crippen LogP contribution < -0.4 is 10.1 Å². The number of alkyl halides is 3. The van der Waals surface area contributed by atoms with Gasteiger partial charge in [-0.2, -0.15) is 18.2 Å². The zero-order chi connectivity index (χ0) is 24.5. The largest absolute Gasteiger partial charge is 0.489 e. The molecule has 0 saturated carbocycles. The third-order valence-corrected chi connectivity index (χ3v) is 5.80. The summed E-state index contributed by atoms with van der Waals surface area (Å²) < 4.78 is 51.4. The number of carbonyl (C=O) groups excluding carboxylic acids is 1. The summed E-state index contributed by atoms with van der Waals surface area (Å²) in [5.41, 5.74) is 2.00. The van der Waals surface area contributed by atoms with Gasteiger partial charge >= 0.3 is 6.18 Å². The van der Waals surface area contributed by atoms with Gasteiger partial charge in [0.25, 0.3) is 11.6 Å². The first-order valence-corrected chi connectivity index (χ1v) is 11.1. The summed E-state index contributed by atoms with van der Waals surface area (Å²) in [5.74, 6) is -1.22. The Morgan fingerprint density at radius 3 is 2.82 bits per heavy atom. The Labute approximate surface area is 198 Å². The van der Waals surface area contributed by atoms with E-state index in [1.807, 2.05) is 0 Å². The number of aromatic nitrogens is 4. The number of hydrogen-bond donors (Lipinski definition) is 1. The summed E-state index contributed by atoms with van der Waals surface area (Å²) in [6.07, 6.45) is -2.43. The predicted octanol–water partition coefficient (Wildman–Crippen LogP) is 4.54. The van der Waals surface area contributed by atoms with Gasteiger partial charge in [-0.15, -0.1) is 5.10 Å². The first-order chi connectivity index (χ1) is 16.1. The zero-order valence-corrected chi connectivity index (χ0v) is 19.3. The molecule has 1 amide bonds. The van der Waals surface area contributed by atoms with Crippen LogP contribution in [0.3, 0.4) is 0 Å². The number of fused-ring (bicyclic) bond motifs is 1. The molecule has 0 aliphatic carbocycles. The predicted molar refractivity (Wildman–Crippen MR) is 118 cm³/mol. The number of aryl methyl sites for hydroxylation is 2. The number of nitrogens with zero attached hydrogens (tertiary/aromatic N) is 4. The van der Waals surface area contributed by atoms with Crippen LogP contribution in [-0.4, -0.2) is 44.8 Å². The van der Waals surface area contributed by atoms with Crippen molar-refractivity contribution < 1.29 is 27.4 Å². The standard InChI is InChI=1S/C22H23ClF3N5O3/c1-12-16(13(2)31-21(27-12)29-20(30-31)22(24,25)26)6-8-19(32)28-17-10-14(23)5-7-18(17)34-11-15-4-3-9-33-15/h5,7,10,15H,3-4,6,8-9,11H2,1-2H3,(H,28,32). The van der Waals surface area contributed by atoms with Crippen LogP contribution in [0.15, 0.2) is 18.2 Å². The highest BCUT2D eigenvalue weighted by Gasteiger charge is 2.37. The van der Waals surface area contributed by atoms with Crippen LogP contribution in [0.1, 0.15) is 42.0 Å². The van der Waals surface area contributed by atoms with Gasteiger partial charge in [0.05, 0.1) is 11.8 Å². The van der Waals surface area contributed by atoms with Crippen molar-refractivity contribution >= 4 is 29.0 Å². The van der Waals surface area contributed by atoms with E-state index in [1.165, 1.54) is 0 Å². The summed E-state index contributed by atoms with van der Waals surface area (Å²) in [6, 6.07) is 4.95. The number of benzene rings is 1. The minimum Gasteiger partial charge on any atom is -0.489 e. The summed E-state index contributed by atoms with van der Waals surface area (Å²) in [5, 5.41) is 6.77. The van der Waals surface area contributed by atoms with Gasteiger partial charge in [-0.05, 0) is 56.9 Å². The maximum Gasteiger partial charge on any atom is 0.453 e. The Morgan fingerprint density at radius 2 is 2.12 bits per heavy atom. The van der Waals surface area contributed by atoms with E-state index < -0.39 is 12.0 Å². The molecule has 34 heavy (non-hydrogen) atoms. The van der Waals surface area contributed by atoms with Crippen molar-refractivity contribution in [3.63, 3.8) is 0 Å². The molecular weight excluding hydrogens is 475 g/mol. The number of carbonyl (C=O) groups is 1. The van der Waals surface area contributed by atoms with Crippen LogP contribution in [-0.2, 0) is 22.1 Å². The molecular formula is C22H23ClF3N5O3. The average Bonchev–Trinajstić information content (AvgIpc) is 3.43. The number of nitrogens with one attached hydrogen (secondary N) is 1. The summed E-state index contributed by atoms with van der Waals surface area (Å²) >= 11 is 6.10. The molecule has 4 rings (SSSR count). The molecule has 2 aromatic heterocycles. The molecule has 0 radical (unpaired) electrons. The van der Waals surface area contributed by atoms with Gasteiger partial charge in [-0.1, -0.05) is 11.6 Å². The normalized spacial score (nSPS) is 16.2. The highest BCUT2D eigenvalue weighted by atomic mass is 35.5. The molecule has 1 aliphatic heterocycles. The highest BCUT2D eigenvalue weighted by Crippen LogP contribution is 2.30. The molecule has 1 atom stereocenters. The fourth-order valence-electron chi connectivity index (χ4n) is 3.83. The van der Waals surface area contributed by atoms with Crippen molar-refractivity contribution in [1.29, 1.82) is 0 Å². The lowest BCUT2D eigenvalue weighted by molar-refractivity contribution is -0.144. The number of rotatable bonds is 7. The summed E-state index contributed by atoms with van der Waals surface area (Å²) in [6.45, 7) is 4.37. The summed E-state index contributed by atoms with van der Waals surface area (Å²) in [4.78, 5) is 20.3. The van der Waals surface area contributed by atoms with Gasteiger partial charge in [-0.25, -0.2) is 9.50 Å².